The van der Waals surface area contributed by atoms with E-state index in [1.807, 2.05) is 24.3 Å². The van der Waals surface area contributed by atoms with Gasteiger partial charge in [-0.05, 0) is 29.8 Å². The molecule has 2 aromatic rings. The van der Waals surface area contributed by atoms with Gasteiger partial charge in [-0.2, -0.15) is 4.31 Å². The van der Waals surface area contributed by atoms with Crippen LogP contribution < -0.4 is 5.32 Å². The third-order valence-electron chi connectivity index (χ3n) is 3.93. The zero-order chi connectivity index (χ0) is 17.3. The summed E-state index contributed by atoms with van der Waals surface area (Å²) in [5.41, 5.74) is 0.915. The van der Waals surface area contributed by atoms with Gasteiger partial charge in [0, 0.05) is 24.1 Å². The van der Waals surface area contributed by atoms with Crippen LogP contribution in [0.2, 0.25) is 10.0 Å². The van der Waals surface area contributed by atoms with E-state index in [2.05, 4.69) is 21.2 Å². The lowest BCUT2D eigenvalue weighted by molar-refractivity contribution is 0.271. The van der Waals surface area contributed by atoms with Crippen LogP contribution in [0.3, 0.4) is 0 Å². The van der Waals surface area contributed by atoms with Crippen LogP contribution in [0.15, 0.2) is 51.8 Å². The molecule has 24 heavy (non-hydrogen) atoms. The number of piperazine rings is 1. The third kappa shape index (κ3) is 3.49. The quantitative estimate of drug-likeness (QED) is 0.767. The van der Waals surface area contributed by atoms with Gasteiger partial charge in [0.2, 0.25) is 10.0 Å². The van der Waals surface area contributed by atoms with Gasteiger partial charge in [0.15, 0.2) is 0 Å². The Morgan fingerprint density at radius 3 is 2.67 bits per heavy atom. The maximum Gasteiger partial charge on any atom is 0.245 e. The molecule has 128 valence electrons. The molecule has 1 aliphatic rings. The summed E-state index contributed by atoms with van der Waals surface area (Å²) >= 11 is 15.6. The van der Waals surface area contributed by atoms with Crippen LogP contribution in [0.5, 0.6) is 0 Å². The zero-order valence-electron chi connectivity index (χ0n) is 12.5. The molecule has 1 fully saturated rings. The molecule has 8 heteroatoms. The Kier molecular flexibility index (Phi) is 5.54. The Morgan fingerprint density at radius 1 is 1.17 bits per heavy atom. The SMILES string of the molecule is O=S(=O)(c1cccc(Cl)c1Cl)N1CCNCC1c1cccc(Br)c1. The topological polar surface area (TPSA) is 49.4 Å². The second kappa shape index (κ2) is 7.32. The second-order valence-corrected chi connectivity index (χ2v) is 9.00. The van der Waals surface area contributed by atoms with Gasteiger partial charge in [-0.25, -0.2) is 8.42 Å². The van der Waals surface area contributed by atoms with Crippen molar-refractivity contribution in [3.05, 3.63) is 62.5 Å². The van der Waals surface area contributed by atoms with Gasteiger partial charge in [0.1, 0.15) is 4.90 Å². The number of halogens is 3. The van der Waals surface area contributed by atoms with Crippen molar-refractivity contribution in [3.8, 4) is 0 Å². The number of nitrogens with one attached hydrogen (secondary N) is 1. The minimum atomic E-state index is -3.76. The smallest absolute Gasteiger partial charge is 0.245 e. The first-order valence-electron chi connectivity index (χ1n) is 7.33. The lowest BCUT2D eigenvalue weighted by Crippen LogP contribution is -2.48. The normalized spacial score (nSPS) is 19.4. The molecular weight excluding hydrogens is 435 g/mol. The molecule has 0 aromatic heterocycles. The fourth-order valence-corrected chi connectivity index (χ4v) is 5.55. The van der Waals surface area contributed by atoms with E-state index in [9.17, 15) is 8.42 Å². The van der Waals surface area contributed by atoms with Gasteiger partial charge < -0.3 is 5.32 Å². The van der Waals surface area contributed by atoms with E-state index >= 15 is 0 Å². The number of rotatable bonds is 3. The average Bonchev–Trinajstić information content (AvgIpc) is 2.57. The van der Waals surface area contributed by atoms with E-state index in [1.165, 1.54) is 10.4 Å². The number of hydrogen-bond acceptors (Lipinski definition) is 3. The van der Waals surface area contributed by atoms with Crippen molar-refractivity contribution in [2.24, 2.45) is 0 Å². The van der Waals surface area contributed by atoms with Crippen molar-refractivity contribution >= 4 is 49.2 Å². The van der Waals surface area contributed by atoms with Crippen molar-refractivity contribution in [2.45, 2.75) is 10.9 Å². The molecular formula is C16H15BrCl2N2O2S. The molecule has 0 aliphatic carbocycles. The molecule has 0 amide bonds. The van der Waals surface area contributed by atoms with Crippen LogP contribution in [-0.2, 0) is 10.0 Å². The van der Waals surface area contributed by atoms with E-state index < -0.39 is 10.0 Å². The van der Waals surface area contributed by atoms with Crippen LogP contribution in [0.25, 0.3) is 0 Å². The first-order chi connectivity index (χ1) is 11.4. The summed E-state index contributed by atoms with van der Waals surface area (Å²) in [7, 11) is -3.76. The molecule has 0 saturated carbocycles. The van der Waals surface area contributed by atoms with Crippen molar-refractivity contribution < 1.29 is 8.42 Å². The molecule has 4 nitrogen and oxygen atoms in total. The monoisotopic (exact) mass is 448 g/mol. The molecule has 1 aliphatic heterocycles. The van der Waals surface area contributed by atoms with Crippen LogP contribution in [-0.4, -0.2) is 32.4 Å². The van der Waals surface area contributed by atoms with Gasteiger partial charge in [0.25, 0.3) is 0 Å². The van der Waals surface area contributed by atoms with Crippen molar-refractivity contribution in [1.82, 2.24) is 9.62 Å². The molecule has 1 atom stereocenters. The Morgan fingerprint density at radius 2 is 1.92 bits per heavy atom. The summed E-state index contributed by atoms with van der Waals surface area (Å²) in [6.45, 7) is 1.48. The fraction of sp³-hybridized carbons (Fsp3) is 0.250. The van der Waals surface area contributed by atoms with E-state index in [0.29, 0.717) is 19.6 Å². The molecule has 2 aromatic carbocycles. The Balaban J connectivity index is 2.05. The molecule has 3 rings (SSSR count). The van der Waals surface area contributed by atoms with E-state index in [4.69, 9.17) is 23.2 Å². The number of nitrogens with zero attached hydrogens (tertiary/aromatic N) is 1. The summed E-state index contributed by atoms with van der Waals surface area (Å²) in [5.74, 6) is 0. The highest BCUT2D eigenvalue weighted by molar-refractivity contribution is 9.10. The molecule has 1 heterocycles. The molecule has 0 bridgehead atoms. The zero-order valence-corrected chi connectivity index (χ0v) is 16.5. The van der Waals surface area contributed by atoms with Gasteiger partial charge in [-0.1, -0.05) is 57.3 Å². The maximum atomic E-state index is 13.2. The van der Waals surface area contributed by atoms with Gasteiger partial charge >= 0.3 is 0 Å². The predicted octanol–water partition coefficient (Wildman–Crippen LogP) is 4.09. The first kappa shape index (κ1) is 18.2. The predicted molar refractivity (Wildman–Crippen MR) is 100 cm³/mol. The Labute approximate surface area is 159 Å². The van der Waals surface area contributed by atoms with Crippen LogP contribution in [0.4, 0.5) is 0 Å². The van der Waals surface area contributed by atoms with Crippen molar-refractivity contribution in [3.63, 3.8) is 0 Å². The Bertz CT molecular complexity index is 861. The number of hydrogen-bond donors (Lipinski definition) is 1. The highest BCUT2D eigenvalue weighted by atomic mass is 79.9. The van der Waals surface area contributed by atoms with E-state index in [1.54, 1.807) is 12.1 Å². The standard InChI is InChI=1S/C16H15BrCl2N2O2S/c17-12-4-1-3-11(9-12)14-10-20-7-8-21(14)24(22,23)15-6-2-5-13(18)16(15)19/h1-6,9,14,20H,7-8,10H2. The lowest BCUT2D eigenvalue weighted by atomic mass is 10.1. The van der Waals surface area contributed by atoms with Gasteiger partial charge in [0.05, 0.1) is 16.1 Å². The second-order valence-electron chi connectivity index (χ2n) is 5.44. The summed E-state index contributed by atoms with van der Waals surface area (Å²) in [5, 5.41) is 3.54. The summed E-state index contributed by atoms with van der Waals surface area (Å²) < 4.78 is 28.7. The van der Waals surface area contributed by atoms with Gasteiger partial charge in [-0.3, -0.25) is 0 Å². The van der Waals surface area contributed by atoms with Gasteiger partial charge in [-0.15, -0.1) is 0 Å². The highest BCUT2D eigenvalue weighted by Crippen LogP contribution is 2.35. The number of benzene rings is 2. The lowest BCUT2D eigenvalue weighted by Gasteiger charge is -2.35. The molecule has 0 spiro atoms. The molecule has 0 radical (unpaired) electrons. The van der Waals surface area contributed by atoms with Crippen LogP contribution in [0, 0.1) is 0 Å². The van der Waals surface area contributed by atoms with Crippen molar-refractivity contribution in [1.29, 1.82) is 0 Å². The average molecular weight is 450 g/mol. The minimum Gasteiger partial charge on any atom is -0.313 e. The van der Waals surface area contributed by atoms with Crippen molar-refractivity contribution in [2.75, 3.05) is 19.6 Å². The van der Waals surface area contributed by atoms with E-state index in [-0.39, 0.29) is 21.0 Å². The van der Waals surface area contributed by atoms with E-state index in [0.717, 1.165) is 10.0 Å². The first-order valence-corrected chi connectivity index (χ1v) is 10.3. The number of sulfonamides is 1. The highest BCUT2D eigenvalue weighted by Gasteiger charge is 2.35. The summed E-state index contributed by atoms with van der Waals surface area (Å²) in [6.07, 6.45) is 0. The largest absolute Gasteiger partial charge is 0.313 e. The molecule has 1 N–H and O–H groups in total. The fourth-order valence-electron chi connectivity index (χ4n) is 2.78. The third-order valence-corrected chi connectivity index (χ3v) is 7.31. The molecule has 1 unspecified atom stereocenters. The summed E-state index contributed by atoms with van der Waals surface area (Å²) in [6, 6.07) is 12.0. The van der Waals surface area contributed by atoms with Crippen LogP contribution >= 0.6 is 39.1 Å². The molecule has 1 saturated heterocycles. The maximum absolute atomic E-state index is 13.2. The minimum absolute atomic E-state index is 0.0403. The Hall–Kier alpha value is -0.630. The van der Waals surface area contributed by atoms with Crippen LogP contribution in [0.1, 0.15) is 11.6 Å². The summed E-state index contributed by atoms with van der Waals surface area (Å²) in [4.78, 5) is 0.0403.